The summed E-state index contributed by atoms with van der Waals surface area (Å²) in [5.41, 5.74) is 6.35. The predicted molar refractivity (Wildman–Crippen MR) is 88.7 cm³/mol. The number of carbonyl (C=O) groups excluding carboxylic acids is 2. The molecule has 0 aliphatic carbocycles. The second kappa shape index (κ2) is 7.08. The Labute approximate surface area is 140 Å². The minimum Gasteiger partial charge on any atom is -0.478 e. The van der Waals surface area contributed by atoms with Crippen molar-refractivity contribution in [2.24, 2.45) is 5.73 Å². The summed E-state index contributed by atoms with van der Waals surface area (Å²) in [5.74, 6) is -2.61. The fourth-order valence-electron chi connectivity index (χ4n) is 1.74. The third-order valence-electron chi connectivity index (χ3n) is 2.72. The molecule has 118 valence electrons. The SMILES string of the molecule is NC(=O)c1sc(-c2ccc(Cl)cc2)cc1NC(=O)C=CC(=O)O. The number of halogens is 1. The van der Waals surface area contributed by atoms with Gasteiger partial charge >= 0.3 is 5.97 Å². The van der Waals surface area contributed by atoms with Gasteiger partial charge < -0.3 is 16.2 Å². The molecule has 0 spiro atoms. The molecule has 0 saturated carbocycles. The van der Waals surface area contributed by atoms with Crippen molar-refractivity contribution in [3.63, 3.8) is 0 Å². The lowest BCUT2D eigenvalue weighted by atomic mass is 10.2. The van der Waals surface area contributed by atoms with Crippen LogP contribution in [-0.2, 0) is 9.59 Å². The Morgan fingerprint density at radius 3 is 2.39 bits per heavy atom. The molecule has 0 unspecified atom stereocenters. The summed E-state index contributed by atoms with van der Waals surface area (Å²) in [4.78, 5) is 34.5. The molecule has 0 radical (unpaired) electrons. The lowest BCUT2D eigenvalue weighted by molar-refractivity contribution is -0.131. The molecule has 2 amide bonds. The highest BCUT2D eigenvalue weighted by atomic mass is 35.5. The highest BCUT2D eigenvalue weighted by Gasteiger charge is 2.16. The molecule has 0 aliphatic heterocycles. The van der Waals surface area contributed by atoms with E-state index in [1.54, 1.807) is 30.3 Å². The lowest BCUT2D eigenvalue weighted by Gasteiger charge is -2.00. The number of anilines is 1. The van der Waals surface area contributed by atoms with Crippen molar-refractivity contribution in [2.45, 2.75) is 0 Å². The summed E-state index contributed by atoms with van der Waals surface area (Å²) in [6, 6.07) is 8.55. The molecule has 8 heteroatoms. The number of thiophene rings is 1. The Bertz CT molecular complexity index is 796. The Balaban J connectivity index is 2.32. The van der Waals surface area contributed by atoms with E-state index in [0.717, 1.165) is 23.0 Å². The van der Waals surface area contributed by atoms with Crippen LogP contribution in [0.3, 0.4) is 0 Å². The van der Waals surface area contributed by atoms with Gasteiger partial charge in [-0.15, -0.1) is 11.3 Å². The molecular formula is C15H11ClN2O4S. The minimum absolute atomic E-state index is 0.173. The number of carboxylic acid groups (broad SMARTS) is 1. The van der Waals surface area contributed by atoms with Crippen molar-refractivity contribution in [1.29, 1.82) is 0 Å². The van der Waals surface area contributed by atoms with Crippen molar-refractivity contribution in [3.05, 3.63) is 52.4 Å². The third-order valence-corrected chi connectivity index (χ3v) is 4.17. The average Bonchev–Trinajstić information content (AvgIpc) is 2.90. The van der Waals surface area contributed by atoms with Crippen LogP contribution < -0.4 is 11.1 Å². The Morgan fingerprint density at radius 2 is 1.83 bits per heavy atom. The van der Waals surface area contributed by atoms with Gasteiger partial charge in [-0.05, 0) is 23.8 Å². The van der Waals surface area contributed by atoms with Crippen LogP contribution in [0.2, 0.25) is 5.02 Å². The van der Waals surface area contributed by atoms with Crippen molar-refractivity contribution in [1.82, 2.24) is 0 Å². The highest BCUT2D eigenvalue weighted by molar-refractivity contribution is 7.18. The van der Waals surface area contributed by atoms with Gasteiger partial charge in [0.15, 0.2) is 0 Å². The molecule has 4 N–H and O–H groups in total. The normalized spacial score (nSPS) is 10.7. The number of carboxylic acids is 1. The van der Waals surface area contributed by atoms with E-state index in [9.17, 15) is 14.4 Å². The topological polar surface area (TPSA) is 109 Å². The van der Waals surface area contributed by atoms with Gasteiger partial charge in [0, 0.05) is 22.1 Å². The number of aliphatic carboxylic acids is 1. The van der Waals surface area contributed by atoms with E-state index in [0.29, 0.717) is 16.0 Å². The van der Waals surface area contributed by atoms with E-state index in [1.807, 2.05) is 0 Å². The van der Waals surface area contributed by atoms with E-state index in [4.69, 9.17) is 22.4 Å². The Kier molecular flexibility index (Phi) is 5.15. The first-order valence-corrected chi connectivity index (χ1v) is 7.48. The third kappa shape index (κ3) is 4.41. The number of amides is 2. The average molecular weight is 351 g/mol. The molecule has 23 heavy (non-hydrogen) atoms. The second-order valence-electron chi connectivity index (χ2n) is 4.39. The summed E-state index contributed by atoms with van der Waals surface area (Å²) in [7, 11) is 0. The number of carbonyl (C=O) groups is 3. The molecule has 2 rings (SSSR count). The van der Waals surface area contributed by atoms with Crippen LogP contribution in [0.15, 0.2) is 42.5 Å². The summed E-state index contributed by atoms with van der Waals surface area (Å²) in [6.07, 6.45) is 1.55. The quantitative estimate of drug-likeness (QED) is 0.720. The van der Waals surface area contributed by atoms with E-state index >= 15 is 0 Å². The Morgan fingerprint density at radius 1 is 1.17 bits per heavy atom. The van der Waals surface area contributed by atoms with Crippen LogP contribution in [0.25, 0.3) is 10.4 Å². The number of nitrogens with two attached hydrogens (primary N) is 1. The molecule has 0 bridgehead atoms. The molecule has 0 fully saturated rings. The summed E-state index contributed by atoms with van der Waals surface area (Å²) in [6.45, 7) is 0. The molecule has 6 nitrogen and oxygen atoms in total. The van der Waals surface area contributed by atoms with Crippen LogP contribution >= 0.6 is 22.9 Å². The molecule has 0 saturated heterocycles. The van der Waals surface area contributed by atoms with Gasteiger partial charge in [-0.1, -0.05) is 23.7 Å². The van der Waals surface area contributed by atoms with Crippen LogP contribution in [0.1, 0.15) is 9.67 Å². The lowest BCUT2D eigenvalue weighted by Crippen LogP contribution is -2.14. The zero-order valence-electron chi connectivity index (χ0n) is 11.6. The van der Waals surface area contributed by atoms with E-state index in [-0.39, 0.29) is 10.6 Å². The molecule has 2 aromatic rings. The zero-order chi connectivity index (χ0) is 17.0. The molecule has 0 atom stereocenters. The largest absolute Gasteiger partial charge is 0.478 e. The summed E-state index contributed by atoms with van der Waals surface area (Å²) in [5, 5.41) is 11.5. The molecule has 1 aromatic carbocycles. The number of benzene rings is 1. The van der Waals surface area contributed by atoms with E-state index < -0.39 is 17.8 Å². The number of primary amides is 1. The van der Waals surface area contributed by atoms with Gasteiger partial charge in [-0.25, -0.2) is 4.79 Å². The fourth-order valence-corrected chi connectivity index (χ4v) is 2.84. The summed E-state index contributed by atoms with van der Waals surface area (Å²) < 4.78 is 0. The first-order chi connectivity index (χ1) is 10.9. The Hall–Kier alpha value is -2.64. The second-order valence-corrected chi connectivity index (χ2v) is 5.87. The number of rotatable bonds is 5. The van der Waals surface area contributed by atoms with Gasteiger partial charge in [0.05, 0.1) is 5.69 Å². The summed E-state index contributed by atoms with van der Waals surface area (Å²) >= 11 is 6.95. The predicted octanol–water partition coefficient (Wildman–Crippen LogP) is 2.75. The molecule has 1 aromatic heterocycles. The van der Waals surface area contributed by atoms with Gasteiger partial charge in [0.1, 0.15) is 4.88 Å². The maximum absolute atomic E-state index is 11.7. The molecule has 1 heterocycles. The standard InChI is InChI=1S/C15H11ClN2O4S/c16-9-3-1-8(2-4-9)11-7-10(14(23-11)15(17)22)18-12(19)5-6-13(20)21/h1-7H,(H2,17,22)(H,18,19)(H,20,21). The number of hydrogen-bond acceptors (Lipinski definition) is 4. The van der Waals surface area contributed by atoms with E-state index in [1.165, 1.54) is 0 Å². The maximum Gasteiger partial charge on any atom is 0.328 e. The minimum atomic E-state index is -1.25. The molecule has 0 aliphatic rings. The van der Waals surface area contributed by atoms with Crippen LogP contribution in [0, 0.1) is 0 Å². The van der Waals surface area contributed by atoms with Crippen LogP contribution in [0.5, 0.6) is 0 Å². The first kappa shape index (κ1) is 16.7. The van der Waals surface area contributed by atoms with Gasteiger partial charge in [0.2, 0.25) is 5.91 Å². The van der Waals surface area contributed by atoms with Gasteiger partial charge in [-0.2, -0.15) is 0 Å². The van der Waals surface area contributed by atoms with Crippen LogP contribution in [-0.4, -0.2) is 22.9 Å². The fraction of sp³-hybridized carbons (Fsp3) is 0. The number of hydrogen-bond donors (Lipinski definition) is 3. The highest BCUT2D eigenvalue weighted by Crippen LogP contribution is 2.35. The molecular weight excluding hydrogens is 340 g/mol. The zero-order valence-corrected chi connectivity index (χ0v) is 13.1. The van der Waals surface area contributed by atoms with E-state index in [2.05, 4.69) is 5.32 Å². The number of nitrogens with one attached hydrogen (secondary N) is 1. The van der Waals surface area contributed by atoms with Crippen molar-refractivity contribution < 1.29 is 19.5 Å². The van der Waals surface area contributed by atoms with Crippen molar-refractivity contribution in [2.75, 3.05) is 5.32 Å². The van der Waals surface area contributed by atoms with Crippen molar-refractivity contribution in [3.8, 4) is 10.4 Å². The smallest absolute Gasteiger partial charge is 0.328 e. The van der Waals surface area contributed by atoms with Crippen molar-refractivity contribution >= 4 is 46.4 Å². The maximum atomic E-state index is 11.7. The monoisotopic (exact) mass is 350 g/mol. The van der Waals surface area contributed by atoms with Gasteiger partial charge in [0.25, 0.3) is 5.91 Å². The first-order valence-electron chi connectivity index (χ1n) is 6.28. The van der Waals surface area contributed by atoms with Crippen LogP contribution in [0.4, 0.5) is 5.69 Å². The van der Waals surface area contributed by atoms with Gasteiger partial charge in [-0.3, -0.25) is 9.59 Å².